The van der Waals surface area contributed by atoms with Gasteiger partial charge in [-0.15, -0.1) is 6.58 Å². The summed E-state index contributed by atoms with van der Waals surface area (Å²) in [5, 5.41) is 0. The fraction of sp³-hybridized carbons (Fsp3) is 0.773. The van der Waals surface area contributed by atoms with Crippen molar-refractivity contribution >= 4 is 5.97 Å². The van der Waals surface area contributed by atoms with E-state index in [2.05, 4.69) is 13.2 Å². The van der Waals surface area contributed by atoms with E-state index in [0.717, 1.165) is 6.08 Å². The molecule has 0 radical (unpaired) electrons. The van der Waals surface area contributed by atoms with Gasteiger partial charge in [0.25, 0.3) is 0 Å². The summed E-state index contributed by atoms with van der Waals surface area (Å²) in [5.74, 6) is -0.455. The average molecular weight is 465 g/mol. The Morgan fingerprint density at radius 2 is 0.750 bits per heavy atom. The van der Waals surface area contributed by atoms with Crippen LogP contribution in [0.15, 0.2) is 25.3 Å². The van der Waals surface area contributed by atoms with E-state index in [1.807, 2.05) is 0 Å². The lowest BCUT2D eigenvalue weighted by Crippen LogP contribution is -2.15. The van der Waals surface area contributed by atoms with Crippen molar-refractivity contribution in [2.24, 2.45) is 0 Å². The fourth-order valence-corrected chi connectivity index (χ4v) is 1.97. The Hall–Kier alpha value is -1.37. The van der Waals surface area contributed by atoms with Crippen LogP contribution in [0.1, 0.15) is 0 Å². The third-order valence-corrected chi connectivity index (χ3v) is 3.48. The van der Waals surface area contributed by atoms with Crippen molar-refractivity contribution in [3.63, 3.8) is 0 Å². The quantitative estimate of drug-likeness (QED) is 0.0758. The maximum atomic E-state index is 10.8. The maximum absolute atomic E-state index is 10.8. The third-order valence-electron chi connectivity index (χ3n) is 3.48. The van der Waals surface area contributed by atoms with Gasteiger partial charge in [-0.1, -0.05) is 12.7 Å². The molecule has 10 heteroatoms. The van der Waals surface area contributed by atoms with E-state index < -0.39 is 5.97 Å². The first kappa shape index (κ1) is 30.6. The standard InChI is InChI=1S/C22H40O10/c1-3-5-24-6-7-25-8-9-26-10-11-27-12-13-28-14-15-29-16-17-30-18-19-31-20-21-32-22(23)4-2/h3-4H,1-2,5-21H2. The molecule has 0 aliphatic carbocycles. The molecule has 0 aromatic rings. The minimum Gasteiger partial charge on any atom is -0.460 e. The van der Waals surface area contributed by atoms with Crippen molar-refractivity contribution in [1.29, 1.82) is 0 Å². The number of carbonyl (C=O) groups excluding carboxylic acids is 1. The third kappa shape index (κ3) is 26.7. The number of hydrogen-bond donors (Lipinski definition) is 0. The van der Waals surface area contributed by atoms with Gasteiger partial charge in [0.15, 0.2) is 0 Å². The molecule has 0 aromatic heterocycles. The van der Waals surface area contributed by atoms with Crippen molar-refractivity contribution < 1.29 is 47.4 Å². The van der Waals surface area contributed by atoms with Crippen molar-refractivity contribution in [2.75, 3.05) is 112 Å². The van der Waals surface area contributed by atoms with Crippen molar-refractivity contribution in [3.05, 3.63) is 25.3 Å². The Balaban J connectivity index is 3.03. The molecule has 0 aliphatic rings. The van der Waals surface area contributed by atoms with E-state index in [-0.39, 0.29) is 6.61 Å². The number of hydrogen-bond acceptors (Lipinski definition) is 10. The van der Waals surface area contributed by atoms with E-state index in [1.54, 1.807) is 6.08 Å². The minimum absolute atomic E-state index is 0.204. The second kappa shape index (κ2) is 27.7. The lowest BCUT2D eigenvalue weighted by molar-refractivity contribution is -0.139. The van der Waals surface area contributed by atoms with Crippen LogP contribution in [0.2, 0.25) is 0 Å². The molecule has 0 heterocycles. The van der Waals surface area contributed by atoms with E-state index >= 15 is 0 Å². The molecule has 0 saturated carbocycles. The highest BCUT2D eigenvalue weighted by atomic mass is 16.6. The van der Waals surface area contributed by atoms with Crippen LogP contribution in [0, 0.1) is 0 Å². The van der Waals surface area contributed by atoms with Gasteiger partial charge in [0.05, 0.1) is 106 Å². The Bertz CT molecular complexity index is 420. The Labute approximate surface area is 191 Å². The SMILES string of the molecule is C=CCOCCOCCOCCOCCOCCOCCOCCOCCOC(=O)C=C. The van der Waals surface area contributed by atoms with Crippen LogP contribution in [0.3, 0.4) is 0 Å². The van der Waals surface area contributed by atoms with Gasteiger partial charge in [0.2, 0.25) is 0 Å². The van der Waals surface area contributed by atoms with Gasteiger partial charge in [-0.05, 0) is 0 Å². The summed E-state index contributed by atoms with van der Waals surface area (Å²) in [6.45, 7) is 15.0. The van der Waals surface area contributed by atoms with E-state index in [4.69, 9.17) is 42.6 Å². The largest absolute Gasteiger partial charge is 0.460 e. The Kier molecular flexibility index (Phi) is 26.5. The average Bonchev–Trinajstić information content (AvgIpc) is 2.81. The van der Waals surface area contributed by atoms with Crippen LogP contribution in [0.4, 0.5) is 0 Å². The smallest absolute Gasteiger partial charge is 0.330 e. The second-order valence-electron chi connectivity index (χ2n) is 6.02. The summed E-state index contributed by atoms with van der Waals surface area (Å²) in [7, 11) is 0. The van der Waals surface area contributed by atoms with Crippen molar-refractivity contribution in [3.8, 4) is 0 Å². The molecule has 0 amide bonds. The van der Waals surface area contributed by atoms with E-state index in [1.165, 1.54) is 0 Å². The molecule has 0 bridgehead atoms. The monoisotopic (exact) mass is 464 g/mol. The number of esters is 1. The first-order chi connectivity index (χ1) is 15.8. The molecule has 0 unspecified atom stereocenters. The molecule has 0 rings (SSSR count). The van der Waals surface area contributed by atoms with Gasteiger partial charge in [-0.25, -0.2) is 4.79 Å². The predicted octanol–water partition coefficient (Wildman–Crippen LogP) is 1.03. The van der Waals surface area contributed by atoms with Crippen LogP contribution in [-0.4, -0.2) is 118 Å². The zero-order valence-corrected chi connectivity index (χ0v) is 19.2. The molecule has 0 aliphatic heterocycles. The normalized spacial score (nSPS) is 10.9. The van der Waals surface area contributed by atoms with Crippen molar-refractivity contribution in [1.82, 2.24) is 0 Å². The molecule has 0 atom stereocenters. The van der Waals surface area contributed by atoms with Crippen molar-refractivity contribution in [2.45, 2.75) is 0 Å². The first-order valence-electron chi connectivity index (χ1n) is 10.8. The summed E-state index contributed by atoms with van der Waals surface area (Å²) in [6, 6.07) is 0. The number of rotatable bonds is 27. The molecular formula is C22H40O10. The molecule has 188 valence electrons. The summed E-state index contributed by atoms with van der Waals surface area (Å²) in [6.07, 6.45) is 2.82. The van der Waals surface area contributed by atoms with E-state index in [0.29, 0.717) is 106 Å². The van der Waals surface area contributed by atoms with Crippen LogP contribution < -0.4 is 0 Å². The zero-order chi connectivity index (χ0) is 23.4. The van der Waals surface area contributed by atoms with Gasteiger partial charge >= 0.3 is 5.97 Å². The maximum Gasteiger partial charge on any atom is 0.330 e. The summed E-state index contributed by atoms with van der Waals surface area (Å²) < 4.78 is 47.5. The van der Waals surface area contributed by atoms with Crippen LogP contribution in [0.25, 0.3) is 0 Å². The molecule has 0 N–H and O–H groups in total. The number of carbonyl (C=O) groups is 1. The van der Waals surface area contributed by atoms with Gasteiger partial charge in [0.1, 0.15) is 6.61 Å². The van der Waals surface area contributed by atoms with Crippen LogP contribution in [0.5, 0.6) is 0 Å². The summed E-state index contributed by atoms with van der Waals surface area (Å²) >= 11 is 0. The summed E-state index contributed by atoms with van der Waals surface area (Å²) in [4.78, 5) is 10.8. The molecule has 0 spiro atoms. The second-order valence-corrected chi connectivity index (χ2v) is 6.02. The Morgan fingerprint density at radius 1 is 0.469 bits per heavy atom. The molecular weight excluding hydrogens is 424 g/mol. The number of ether oxygens (including phenoxy) is 9. The van der Waals surface area contributed by atoms with Gasteiger partial charge in [0, 0.05) is 6.08 Å². The highest BCUT2D eigenvalue weighted by Crippen LogP contribution is 1.86. The molecule has 0 fully saturated rings. The fourth-order valence-electron chi connectivity index (χ4n) is 1.97. The topological polar surface area (TPSA) is 100 Å². The van der Waals surface area contributed by atoms with Crippen LogP contribution >= 0.6 is 0 Å². The van der Waals surface area contributed by atoms with Gasteiger partial charge < -0.3 is 42.6 Å². The van der Waals surface area contributed by atoms with Gasteiger partial charge in [-0.2, -0.15) is 0 Å². The van der Waals surface area contributed by atoms with Crippen LogP contribution in [-0.2, 0) is 47.4 Å². The lowest BCUT2D eigenvalue weighted by atomic mass is 10.6. The highest BCUT2D eigenvalue weighted by Gasteiger charge is 1.96. The molecule has 0 aromatic carbocycles. The van der Waals surface area contributed by atoms with E-state index in [9.17, 15) is 4.79 Å². The molecule has 10 nitrogen and oxygen atoms in total. The zero-order valence-electron chi connectivity index (χ0n) is 19.2. The lowest BCUT2D eigenvalue weighted by Gasteiger charge is -2.08. The summed E-state index contributed by atoms with van der Waals surface area (Å²) in [5.41, 5.74) is 0. The van der Waals surface area contributed by atoms with Gasteiger partial charge in [-0.3, -0.25) is 0 Å². The Morgan fingerprint density at radius 3 is 1.03 bits per heavy atom. The molecule has 0 saturated heterocycles. The predicted molar refractivity (Wildman–Crippen MR) is 118 cm³/mol. The molecule has 32 heavy (non-hydrogen) atoms. The minimum atomic E-state index is -0.455. The first-order valence-corrected chi connectivity index (χ1v) is 10.8. The highest BCUT2D eigenvalue weighted by molar-refractivity contribution is 5.81.